The van der Waals surface area contributed by atoms with E-state index in [1.807, 2.05) is 19.1 Å². The minimum Gasteiger partial charge on any atom is -0.481 e. The maximum atomic E-state index is 12.2. The van der Waals surface area contributed by atoms with Gasteiger partial charge in [0, 0.05) is 4.88 Å². The number of hydrogen-bond donors (Lipinski definition) is 2. The van der Waals surface area contributed by atoms with Crippen LogP contribution in [-0.2, 0) is 11.4 Å². The second kappa shape index (κ2) is 7.63. The number of nitrogens with one attached hydrogen (secondary N) is 1. The van der Waals surface area contributed by atoms with Crippen LogP contribution in [0.25, 0.3) is 0 Å². The van der Waals surface area contributed by atoms with Gasteiger partial charge < -0.3 is 15.2 Å². The highest BCUT2D eigenvalue weighted by Crippen LogP contribution is 2.26. The summed E-state index contributed by atoms with van der Waals surface area (Å²) in [5.41, 5.74) is 0.742. The number of halogens is 1. The van der Waals surface area contributed by atoms with Crippen molar-refractivity contribution >= 4 is 28.8 Å². The number of aliphatic hydroxyl groups excluding tert-OH is 1. The molecule has 0 spiro atoms. The Morgan fingerprint density at radius 1 is 1.36 bits per heavy atom. The van der Waals surface area contributed by atoms with Crippen molar-refractivity contribution in [2.75, 3.05) is 0 Å². The molecule has 2 N–H and O–H groups in total. The predicted octanol–water partition coefficient (Wildman–Crippen LogP) is 3.54. The van der Waals surface area contributed by atoms with E-state index in [0.29, 0.717) is 10.1 Å². The molecule has 0 radical (unpaired) electrons. The summed E-state index contributed by atoms with van der Waals surface area (Å²) < 4.78 is 6.31. The van der Waals surface area contributed by atoms with E-state index in [1.165, 1.54) is 11.3 Å². The van der Waals surface area contributed by atoms with Gasteiger partial charge in [-0.15, -0.1) is 11.3 Å². The molecule has 0 saturated heterocycles. The van der Waals surface area contributed by atoms with Gasteiger partial charge in [-0.05, 0) is 43.7 Å². The van der Waals surface area contributed by atoms with Crippen LogP contribution >= 0.6 is 22.9 Å². The van der Waals surface area contributed by atoms with Gasteiger partial charge in [-0.25, -0.2) is 0 Å². The third-order valence-corrected chi connectivity index (χ3v) is 4.56. The number of carbonyl (C=O) groups is 1. The molecular weight excluding hydrogens is 322 g/mol. The minimum atomic E-state index is -0.633. The zero-order valence-electron chi connectivity index (χ0n) is 12.4. The van der Waals surface area contributed by atoms with Crippen molar-refractivity contribution in [1.29, 1.82) is 0 Å². The molecule has 118 valence electrons. The number of carbonyl (C=O) groups excluding carboxylic acids is 1. The molecule has 6 heteroatoms. The molecule has 0 aliphatic carbocycles. The molecule has 1 aromatic heterocycles. The van der Waals surface area contributed by atoms with Gasteiger partial charge in [0.25, 0.3) is 5.91 Å². The Bertz CT molecular complexity index is 644. The molecule has 1 aromatic carbocycles. The van der Waals surface area contributed by atoms with Gasteiger partial charge in [0.15, 0.2) is 6.10 Å². The number of ether oxygens (including phenoxy) is 1. The smallest absolute Gasteiger partial charge is 0.261 e. The molecular formula is C16H18ClNO3S. The number of amides is 1. The van der Waals surface area contributed by atoms with Crippen molar-refractivity contribution in [1.82, 2.24) is 5.32 Å². The van der Waals surface area contributed by atoms with Gasteiger partial charge >= 0.3 is 0 Å². The molecule has 0 fully saturated rings. The second-order valence-electron chi connectivity index (χ2n) is 4.94. The lowest BCUT2D eigenvalue weighted by atomic mass is 10.2. The van der Waals surface area contributed by atoms with Gasteiger partial charge in [-0.1, -0.05) is 23.7 Å². The molecule has 2 unspecified atom stereocenters. The Hall–Kier alpha value is -1.56. The van der Waals surface area contributed by atoms with E-state index in [1.54, 1.807) is 31.2 Å². The highest BCUT2D eigenvalue weighted by Gasteiger charge is 2.18. The van der Waals surface area contributed by atoms with Gasteiger partial charge in [0.05, 0.1) is 17.0 Å². The maximum Gasteiger partial charge on any atom is 0.261 e. The Labute approximate surface area is 138 Å². The highest BCUT2D eigenvalue weighted by molar-refractivity contribution is 7.16. The second-order valence-corrected chi connectivity index (χ2v) is 6.68. The third kappa shape index (κ3) is 4.47. The normalized spacial score (nSPS) is 13.5. The first-order chi connectivity index (χ1) is 10.5. The monoisotopic (exact) mass is 339 g/mol. The van der Waals surface area contributed by atoms with Crippen LogP contribution in [0.1, 0.15) is 30.3 Å². The van der Waals surface area contributed by atoms with Crippen LogP contribution in [0.4, 0.5) is 0 Å². The van der Waals surface area contributed by atoms with E-state index in [0.717, 1.165) is 10.4 Å². The number of rotatable bonds is 6. The first-order valence-corrected chi connectivity index (χ1v) is 8.11. The van der Waals surface area contributed by atoms with Crippen LogP contribution in [0, 0.1) is 0 Å². The summed E-state index contributed by atoms with van der Waals surface area (Å²) in [4.78, 5) is 13.2. The summed E-state index contributed by atoms with van der Waals surface area (Å²) in [7, 11) is 0. The third-order valence-electron chi connectivity index (χ3n) is 3.14. The fourth-order valence-corrected chi connectivity index (χ4v) is 3.00. The number of hydrogen-bond acceptors (Lipinski definition) is 4. The van der Waals surface area contributed by atoms with E-state index < -0.39 is 6.10 Å². The molecule has 0 bridgehead atoms. The average Bonchev–Trinajstić information content (AvgIpc) is 2.94. The topological polar surface area (TPSA) is 58.6 Å². The number of aliphatic hydroxyl groups is 1. The molecule has 2 rings (SSSR count). The summed E-state index contributed by atoms with van der Waals surface area (Å²) in [6, 6.07) is 10.6. The molecule has 4 nitrogen and oxygen atoms in total. The largest absolute Gasteiger partial charge is 0.481 e. The van der Waals surface area contributed by atoms with Crippen LogP contribution in [0.5, 0.6) is 5.75 Å². The molecule has 2 aromatic rings. The lowest BCUT2D eigenvalue weighted by Crippen LogP contribution is -2.37. The Morgan fingerprint density at radius 2 is 2.14 bits per heavy atom. The lowest BCUT2D eigenvalue weighted by molar-refractivity contribution is -0.127. The summed E-state index contributed by atoms with van der Waals surface area (Å²) >= 11 is 7.34. The van der Waals surface area contributed by atoms with Crippen LogP contribution in [0.15, 0.2) is 36.4 Å². The predicted molar refractivity (Wildman–Crippen MR) is 88.3 cm³/mol. The van der Waals surface area contributed by atoms with Crippen molar-refractivity contribution < 1.29 is 14.6 Å². The lowest BCUT2D eigenvalue weighted by Gasteiger charge is -2.18. The zero-order valence-corrected chi connectivity index (χ0v) is 13.9. The summed E-state index contributed by atoms with van der Waals surface area (Å²) in [6.07, 6.45) is -0.633. The van der Waals surface area contributed by atoms with Crippen molar-refractivity contribution in [2.24, 2.45) is 0 Å². The minimum absolute atomic E-state index is 0.0616. The van der Waals surface area contributed by atoms with Crippen molar-refractivity contribution in [2.45, 2.75) is 32.6 Å². The summed E-state index contributed by atoms with van der Waals surface area (Å²) in [6.45, 7) is 3.53. The Kier molecular flexibility index (Phi) is 5.83. The van der Waals surface area contributed by atoms with E-state index in [4.69, 9.17) is 21.4 Å². The van der Waals surface area contributed by atoms with Crippen LogP contribution < -0.4 is 10.1 Å². The zero-order chi connectivity index (χ0) is 16.1. The van der Waals surface area contributed by atoms with E-state index in [-0.39, 0.29) is 18.6 Å². The molecule has 2 atom stereocenters. The van der Waals surface area contributed by atoms with Crippen molar-refractivity contribution in [3.8, 4) is 5.75 Å². The first kappa shape index (κ1) is 16.8. The summed E-state index contributed by atoms with van der Waals surface area (Å²) in [5, 5.41) is 12.0. The fraction of sp³-hybridized carbons (Fsp3) is 0.312. The average molecular weight is 340 g/mol. The van der Waals surface area contributed by atoms with Crippen LogP contribution in [-0.4, -0.2) is 17.1 Å². The molecule has 22 heavy (non-hydrogen) atoms. The van der Waals surface area contributed by atoms with Crippen LogP contribution in [0.2, 0.25) is 4.34 Å². The Morgan fingerprint density at radius 3 is 2.77 bits per heavy atom. The van der Waals surface area contributed by atoms with Gasteiger partial charge in [0.1, 0.15) is 5.75 Å². The molecule has 0 aliphatic heterocycles. The maximum absolute atomic E-state index is 12.2. The van der Waals surface area contributed by atoms with Gasteiger partial charge in [0.2, 0.25) is 0 Å². The van der Waals surface area contributed by atoms with E-state index in [2.05, 4.69) is 5.32 Å². The van der Waals surface area contributed by atoms with Gasteiger partial charge in [-0.3, -0.25) is 4.79 Å². The quantitative estimate of drug-likeness (QED) is 0.846. The SMILES string of the molecule is CC(Oc1cccc(CO)c1)C(=O)NC(C)c1ccc(Cl)s1. The fourth-order valence-electron chi connectivity index (χ4n) is 1.94. The van der Waals surface area contributed by atoms with E-state index >= 15 is 0 Å². The van der Waals surface area contributed by atoms with Crippen molar-refractivity contribution in [3.63, 3.8) is 0 Å². The summed E-state index contributed by atoms with van der Waals surface area (Å²) in [5.74, 6) is 0.354. The van der Waals surface area contributed by atoms with Crippen LogP contribution in [0.3, 0.4) is 0 Å². The molecule has 1 amide bonds. The molecule has 1 heterocycles. The molecule has 0 saturated carbocycles. The number of benzene rings is 1. The standard InChI is InChI=1S/C16H18ClNO3S/c1-10(14-6-7-15(17)22-14)18-16(20)11(2)21-13-5-3-4-12(8-13)9-19/h3-8,10-11,19H,9H2,1-2H3,(H,18,20). The van der Waals surface area contributed by atoms with Crippen molar-refractivity contribution in [3.05, 3.63) is 51.2 Å². The first-order valence-electron chi connectivity index (χ1n) is 6.91. The highest BCUT2D eigenvalue weighted by atomic mass is 35.5. The van der Waals surface area contributed by atoms with E-state index in [9.17, 15) is 4.79 Å². The Balaban J connectivity index is 1.94. The number of thiophene rings is 1. The molecule has 0 aliphatic rings. The van der Waals surface area contributed by atoms with Gasteiger partial charge in [-0.2, -0.15) is 0 Å².